The Balaban J connectivity index is 1.60. The fourth-order valence-corrected chi connectivity index (χ4v) is 4.65. The van der Waals surface area contributed by atoms with Crippen LogP contribution in [-0.4, -0.2) is 22.6 Å². The molecule has 2 heterocycles. The van der Waals surface area contributed by atoms with Crippen LogP contribution in [0.5, 0.6) is 5.75 Å². The zero-order valence-electron chi connectivity index (χ0n) is 16.5. The van der Waals surface area contributed by atoms with E-state index in [0.717, 1.165) is 26.4 Å². The molecule has 5 nitrogen and oxygen atoms in total. The first-order valence-electron chi connectivity index (χ1n) is 9.33. The number of carbonyl (C=O) groups excluding carboxylic acids is 1. The second kappa shape index (κ2) is 8.73. The number of aromatic nitrogens is 2. The molecule has 0 saturated heterocycles. The number of imidazole rings is 1. The number of rotatable bonds is 6. The number of nitrogens with zero attached hydrogens (tertiary/aromatic N) is 2. The molecule has 2 aromatic carbocycles. The molecular weight excluding hydrogens is 418 g/mol. The van der Waals surface area contributed by atoms with Gasteiger partial charge in [0.25, 0.3) is 0 Å². The van der Waals surface area contributed by atoms with E-state index < -0.39 is 6.04 Å². The predicted molar refractivity (Wildman–Crippen MR) is 122 cm³/mol. The third kappa shape index (κ3) is 4.10. The molecule has 0 spiro atoms. The van der Waals surface area contributed by atoms with Crippen molar-refractivity contribution in [1.29, 1.82) is 0 Å². The predicted octanol–water partition coefficient (Wildman–Crippen LogP) is 5.22. The lowest BCUT2D eigenvalue weighted by Gasteiger charge is -2.19. The van der Waals surface area contributed by atoms with Crippen molar-refractivity contribution in [2.45, 2.75) is 6.04 Å². The summed E-state index contributed by atoms with van der Waals surface area (Å²) in [6, 6.07) is 15.1. The van der Waals surface area contributed by atoms with Gasteiger partial charge < -0.3 is 14.6 Å². The molecule has 1 amide bonds. The van der Waals surface area contributed by atoms with Gasteiger partial charge in [-0.25, -0.2) is 4.98 Å². The number of hydrogen-bond acceptors (Lipinski definition) is 4. The van der Waals surface area contributed by atoms with E-state index in [2.05, 4.69) is 10.3 Å². The van der Waals surface area contributed by atoms with Crippen LogP contribution in [0, 0.1) is 0 Å². The maximum absolute atomic E-state index is 12.8. The molecule has 0 saturated carbocycles. The summed E-state index contributed by atoms with van der Waals surface area (Å²) in [4.78, 5) is 18.1. The summed E-state index contributed by atoms with van der Waals surface area (Å²) in [6.07, 6.45) is 6.82. The van der Waals surface area contributed by atoms with Crippen molar-refractivity contribution < 1.29 is 9.53 Å². The highest BCUT2D eigenvalue weighted by atomic mass is 35.5. The topological polar surface area (TPSA) is 56.1 Å². The zero-order chi connectivity index (χ0) is 21.1. The molecule has 0 bridgehead atoms. The van der Waals surface area contributed by atoms with Crippen LogP contribution in [0.3, 0.4) is 0 Å². The van der Waals surface area contributed by atoms with Crippen LogP contribution in [0.25, 0.3) is 16.2 Å². The number of aryl methyl sites for hydroxylation is 1. The van der Waals surface area contributed by atoms with Crippen LogP contribution in [0.1, 0.15) is 22.3 Å². The molecule has 0 aliphatic carbocycles. The van der Waals surface area contributed by atoms with E-state index in [0.29, 0.717) is 10.8 Å². The maximum atomic E-state index is 12.8. The third-order valence-corrected chi connectivity index (χ3v) is 6.43. The third-order valence-electron chi connectivity index (χ3n) is 4.78. The molecule has 0 aliphatic rings. The number of carbonyl (C=O) groups is 1. The lowest BCUT2D eigenvalue weighted by atomic mass is 10.1. The van der Waals surface area contributed by atoms with Gasteiger partial charge in [0.1, 0.15) is 17.6 Å². The van der Waals surface area contributed by atoms with Gasteiger partial charge in [-0.3, -0.25) is 4.79 Å². The highest BCUT2D eigenvalue weighted by molar-refractivity contribution is 7.20. The first-order chi connectivity index (χ1) is 14.6. The van der Waals surface area contributed by atoms with Crippen molar-refractivity contribution in [3.05, 3.63) is 88.3 Å². The Morgan fingerprint density at radius 2 is 2.10 bits per heavy atom. The van der Waals surface area contributed by atoms with Crippen molar-refractivity contribution in [2.75, 3.05) is 7.11 Å². The monoisotopic (exact) mass is 437 g/mol. The van der Waals surface area contributed by atoms with Gasteiger partial charge in [-0.05, 0) is 29.8 Å². The van der Waals surface area contributed by atoms with Gasteiger partial charge in [0, 0.05) is 40.5 Å². The summed E-state index contributed by atoms with van der Waals surface area (Å²) in [5, 5.41) is 4.70. The largest absolute Gasteiger partial charge is 0.497 e. The van der Waals surface area contributed by atoms with Crippen LogP contribution >= 0.6 is 22.9 Å². The normalized spacial score (nSPS) is 12.4. The minimum Gasteiger partial charge on any atom is -0.497 e. The maximum Gasteiger partial charge on any atom is 0.244 e. The Morgan fingerprint density at radius 3 is 2.83 bits per heavy atom. The van der Waals surface area contributed by atoms with Crippen molar-refractivity contribution in [3.8, 4) is 5.75 Å². The van der Waals surface area contributed by atoms with Crippen molar-refractivity contribution >= 4 is 45.0 Å². The van der Waals surface area contributed by atoms with E-state index in [1.807, 2.05) is 66.3 Å². The minimum absolute atomic E-state index is 0.237. The molecule has 7 heteroatoms. The average Bonchev–Trinajstić information content (AvgIpc) is 3.33. The molecule has 4 aromatic rings. The molecule has 0 radical (unpaired) electrons. The number of methoxy groups -OCH3 is 1. The minimum atomic E-state index is -0.421. The van der Waals surface area contributed by atoms with Gasteiger partial charge in [0.2, 0.25) is 5.91 Å². The number of hydrogen-bond donors (Lipinski definition) is 1. The molecule has 4 rings (SSSR count). The first-order valence-corrected chi connectivity index (χ1v) is 10.5. The summed E-state index contributed by atoms with van der Waals surface area (Å²) in [5.74, 6) is 1.21. The number of halogens is 1. The molecule has 152 valence electrons. The second-order valence-electron chi connectivity index (χ2n) is 6.72. The smallest absolute Gasteiger partial charge is 0.244 e. The summed E-state index contributed by atoms with van der Waals surface area (Å²) < 4.78 is 8.31. The number of benzene rings is 2. The standard InChI is InChI=1S/C23H20ClN3O2S/c1-27-13-12-25-23(27)22(15-6-5-7-16(14-15)29-2)26-20(28)11-10-19-21(24)17-8-3-4-9-18(17)30-19/h3-14,22H,1-2H3,(H,26,28)/b11-10+. The molecule has 1 atom stereocenters. The SMILES string of the molecule is COc1cccc(C(NC(=O)/C=C/c2sc3ccccc3c2Cl)c2nccn2C)c1. The van der Waals surface area contributed by atoms with Gasteiger partial charge in [0.05, 0.1) is 12.1 Å². The summed E-state index contributed by atoms with van der Waals surface area (Å²) >= 11 is 8.03. The molecule has 30 heavy (non-hydrogen) atoms. The van der Waals surface area contributed by atoms with Crippen LogP contribution in [-0.2, 0) is 11.8 Å². The van der Waals surface area contributed by atoms with Crippen LogP contribution < -0.4 is 10.1 Å². The van der Waals surface area contributed by atoms with E-state index in [4.69, 9.17) is 16.3 Å². The Kier molecular flexibility index (Phi) is 5.88. The van der Waals surface area contributed by atoms with E-state index in [1.165, 1.54) is 6.08 Å². The van der Waals surface area contributed by atoms with Gasteiger partial charge in [-0.1, -0.05) is 41.9 Å². The van der Waals surface area contributed by atoms with Gasteiger partial charge in [0.15, 0.2) is 0 Å². The lowest BCUT2D eigenvalue weighted by Crippen LogP contribution is -2.29. The summed E-state index contributed by atoms with van der Waals surface area (Å²) in [6.45, 7) is 0. The summed E-state index contributed by atoms with van der Waals surface area (Å²) in [7, 11) is 3.51. The fraction of sp³-hybridized carbons (Fsp3) is 0.130. The van der Waals surface area contributed by atoms with Crippen LogP contribution in [0.2, 0.25) is 5.02 Å². The van der Waals surface area contributed by atoms with Gasteiger partial charge in [-0.15, -0.1) is 11.3 Å². The Hall–Kier alpha value is -3.09. The number of fused-ring (bicyclic) bond motifs is 1. The highest BCUT2D eigenvalue weighted by Gasteiger charge is 2.20. The fourth-order valence-electron chi connectivity index (χ4n) is 3.26. The quantitative estimate of drug-likeness (QED) is 0.421. The van der Waals surface area contributed by atoms with E-state index in [-0.39, 0.29) is 5.91 Å². The number of ether oxygens (including phenoxy) is 1. The van der Waals surface area contributed by atoms with Crippen LogP contribution in [0.15, 0.2) is 67.0 Å². The highest BCUT2D eigenvalue weighted by Crippen LogP contribution is 2.36. The Labute approximate surface area is 183 Å². The number of thiophene rings is 1. The Morgan fingerprint density at radius 1 is 1.27 bits per heavy atom. The Bertz CT molecular complexity index is 1230. The first kappa shape index (κ1) is 20.2. The molecular formula is C23H20ClN3O2S. The zero-order valence-corrected chi connectivity index (χ0v) is 18.1. The lowest BCUT2D eigenvalue weighted by molar-refractivity contribution is -0.117. The van der Waals surface area contributed by atoms with Gasteiger partial charge in [-0.2, -0.15) is 0 Å². The molecule has 2 aromatic heterocycles. The number of nitrogens with one attached hydrogen (secondary N) is 1. The average molecular weight is 438 g/mol. The van der Waals surface area contributed by atoms with Crippen molar-refractivity contribution in [2.24, 2.45) is 7.05 Å². The molecule has 1 N–H and O–H groups in total. The molecule has 0 fully saturated rings. The summed E-state index contributed by atoms with van der Waals surface area (Å²) in [5.41, 5.74) is 0.880. The van der Waals surface area contributed by atoms with E-state index in [9.17, 15) is 4.79 Å². The van der Waals surface area contributed by atoms with Crippen molar-refractivity contribution in [1.82, 2.24) is 14.9 Å². The number of amides is 1. The van der Waals surface area contributed by atoms with Crippen molar-refractivity contribution in [3.63, 3.8) is 0 Å². The van der Waals surface area contributed by atoms with Crippen LogP contribution in [0.4, 0.5) is 0 Å². The molecule has 1 unspecified atom stereocenters. The van der Waals surface area contributed by atoms with E-state index >= 15 is 0 Å². The van der Waals surface area contributed by atoms with Gasteiger partial charge >= 0.3 is 0 Å². The molecule has 0 aliphatic heterocycles. The second-order valence-corrected chi connectivity index (χ2v) is 8.19. The van der Waals surface area contributed by atoms with E-state index in [1.54, 1.807) is 30.7 Å².